The Balaban J connectivity index is 2.48. The van der Waals surface area contributed by atoms with Gasteiger partial charge in [0.1, 0.15) is 5.76 Å². The molecule has 1 aromatic rings. The average molecular weight is 352 g/mol. The zero-order valence-corrected chi connectivity index (χ0v) is 16.0. The molecule has 0 N–H and O–H groups in total. The lowest BCUT2D eigenvalue weighted by molar-refractivity contribution is 0.283. The quantitative estimate of drug-likeness (QED) is 0.564. The molecular formula is C23H28O3. The van der Waals surface area contributed by atoms with Crippen LogP contribution in [0.15, 0.2) is 64.3 Å². The molecule has 26 heavy (non-hydrogen) atoms. The van der Waals surface area contributed by atoms with Gasteiger partial charge in [-0.25, -0.2) is 0 Å². The third kappa shape index (κ3) is 4.54. The summed E-state index contributed by atoms with van der Waals surface area (Å²) in [6, 6.07) is 0. The molecule has 0 fully saturated rings. The van der Waals surface area contributed by atoms with Gasteiger partial charge in [0.2, 0.25) is 0 Å². The molecule has 1 unspecified atom stereocenters. The van der Waals surface area contributed by atoms with Crippen LogP contribution < -0.4 is 5.43 Å². The van der Waals surface area contributed by atoms with E-state index in [1.807, 2.05) is 25.2 Å². The molecule has 0 amide bonds. The molecule has 0 aromatic carbocycles. The maximum atomic E-state index is 13.3. The van der Waals surface area contributed by atoms with Crippen LogP contribution in [0, 0.1) is 0 Å². The molecule has 0 aliphatic heterocycles. The van der Waals surface area contributed by atoms with Crippen molar-refractivity contribution in [3.63, 3.8) is 0 Å². The zero-order valence-electron chi connectivity index (χ0n) is 16.0. The SMILES string of the molecule is C=Cc1occ(C2C=CCC(OC)=CC2)c(=O)c1/C(=C/C)C/C=C\CC. The summed E-state index contributed by atoms with van der Waals surface area (Å²) in [6.07, 6.45) is 18.7. The molecule has 0 radical (unpaired) electrons. The predicted octanol–water partition coefficient (Wildman–Crippen LogP) is 6.01. The van der Waals surface area contributed by atoms with Gasteiger partial charge in [-0.1, -0.05) is 43.9 Å². The summed E-state index contributed by atoms with van der Waals surface area (Å²) in [5.74, 6) is 1.44. The van der Waals surface area contributed by atoms with Crippen molar-refractivity contribution in [3.8, 4) is 0 Å². The summed E-state index contributed by atoms with van der Waals surface area (Å²) in [6.45, 7) is 7.85. The Morgan fingerprint density at radius 1 is 1.42 bits per heavy atom. The predicted molar refractivity (Wildman–Crippen MR) is 109 cm³/mol. The highest BCUT2D eigenvalue weighted by atomic mass is 16.5. The monoisotopic (exact) mass is 352 g/mol. The first-order chi connectivity index (χ1) is 12.7. The Morgan fingerprint density at radius 2 is 2.23 bits per heavy atom. The number of allylic oxidation sites excluding steroid dienone is 7. The minimum Gasteiger partial charge on any atom is -0.501 e. The van der Waals surface area contributed by atoms with E-state index in [1.54, 1.807) is 19.4 Å². The smallest absolute Gasteiger partial charge is 0.196 e. The van der Waals surface area contributed by atoms with Crippen molar-refractivity contribution in [2.75, 3.05) is 7.11 Å². The summed E-state index contributed by atoms with van der Waals surface area (Å²) in [4.78, 5) is 13.3. The highest BCUT2D eigenvalue weighted by Gasteiger charge is 2.20. The zero-order chi connectivity index (χ0) is 18.9. The summed E-state index contributed by atoms with van der Waals surface area (Å²) < 4.78 is 11.1. The second-order valence-electron chi connectivity index (χ2n) is 6.21. The van der Waals surface area contributed by atoms with E-state index in [0.29, 0.717) is 23.3 Å². The Kier molecular flexibility index (Phi) is 7.46. The van der Waals surface area contributed by atoms with Gasteiger partial charge >= 0.3 is 0 Å². The van der Waals surface area contributed by atoms with Crippen molar-refractivity contribution in [3.05, 3.63) is 82.2 Å². The lowest BCUT2D eigenvalue weighted by Gasteiger charge is -2.13. The fraction of sp³-hybridized carbons (Fsp3) is 0.348. The fourth-order valence-corrected chi connectivity index (χ4v) is 3.11. The molecular weight excluding hydrogens is 324 g/mol. The van der Waals surface area contributed by atoms with E-state index in [2.05, 4.69) is 31.7 Å². The van der Waals surface area contributed by atoms with Crippen LogP contribution in [-0.2, 0) is 4.74 Å². The van der Waals surface area contributed by atoms with E-state index in [4.69, 9.17) is 9.15 Å². The molecule has 1 aliphatic rings. The van der Waals surface area contributed by atoms with E-state index in [1.165, 1.54) is 0 Å². The number of ether oxygens (including phenoxy) is 1. The van der Waals surface area contributed by atoms with Crippen LogP contribution in [0.4, 0.5) is 0 Å². The van der Waals surface area contributed by atoms with Gasteiger partial charge in [-0.2, -0.15) is 0 Å². The molecule has 0 saturated carbocycles. The van der Waals surface area contributed by atoms with Crippen LogP contribution in [0.3, 0.4) is 0 Å². The van der Waals surface area contributed by atoms with E-state index in [0.717, 1.165) is 30.6 Å². The van der Waals surface area contributed by atoms with Crippen LogP contribution in [0.1, 0.15) is 62.3 Å². The average Bonchev–Trinajstić information content (AvgIpc) is 2.91. The van der Waals surface area contributed by atoms with E-state index in [9.17, 15) is 4.79 Å². The fourth-order valence-electron chi connectivity index (χ4n) is 3.11. The molecule has 1 atom stereocenters. The molecule has 138 valence electrons. The lowest BCUT2D eigenvalue weighted by atomic mass is 9.92. The van der Waals surface area contributed by atoms with Gasteiger partial charge in [-0.05, 0) is 43.9 Å². The van der Waals surface area contributed by atoms with Gasteiger partial charge < -0.3 is 9.15 Å². The number of hydrogen-bond donors (Lipinski definition) is 0. The second kappa shape index (κ2) is 9.81. The van der Waals surface area contributed by atoms with Crippen molar-refractivity contribution in [1.82, 2.24) is 0 Å². The summed E-state index contributed by atoms with van der Waals surface area (Å²) >= 11 is 0. The van der Waals surface area contributed by atoms with Crippen molar-refractivity contribution in [2.45, 2.75) is 45.4 Å². The van der Waals surface area contributed by atoms with Crippen molar-refractivity contribution >= 4 is 11.6 Å². The van der Waals surface area contributed by atoms with Crippen molar-refractivity contribution in [2.24, 2.45) is 0 Å². The molecule has 3 nitrogen and oxygen atoms in total. The molecule has 0 saturated heterocycles. The number of methoxy groups -OCH3 is 1. The van der Waals surface area contributed by atoms with Crippen LogP contribution >= 0.6 is 0 Å². The third-order valence-electron chi connectivity index (χ3n) is 4.59. The number of rotatable bonds is 7. The first kappa shape index (κ1) is 19.8. The molecule has 0 spiro atoms. The number of hydrogen-bond acceptors (Lipinski definition) is 3. The Bertz CT molecular complexity index is 803. The van der Waals surface area contributed by atoms with Gasteiger partial charge in [0, 0.05) is 17.9 Å². The molecule has 1 aromatic heterocycles. The van der Waals surface area contributed by atoms with Crippen molar-refractivity contribution < 1.29 is 9.15 Å². The second-order valence-corrected chi connectivity index (χ2v) is 6.21. The largest absolute Gasteiger partial charge is 0.501 e. The van der Waals surface area contributed by atoms with E-state index >= 15 is 0 Å². The Labute approximate surface area is 156 Å². The van der Waals surface area contributed by atoms with Gasteiger partial charge in [0.25, 0.3) is 0 Å². The summed E-state index contributed by atoms with van der Waals surface area (Å²) in [5, 5.41) is 0. The molecule has 0 bridgehead atoms. The van der Waals surface area contributed by atoms with Gasteiger partial charge in [0.15, 0.2) is 5.43 Å². The summed E-state index contributed by atoms with van der Waals surface area (Å²) in [5.41, 5.74) is 2.28. The van der Waals surface area contributed by atoms with Crippen LogP contribution in [0.5, 0.6) is 0 Å². The lowest BCUT2D eigenvalue weighted by Crippen LogP contribution is -2.17. The Hall–Kier alpha value is -2.55. The molecule has 3 heteroatoms. The van der Waals surface area contributed by atoms with E-state index < -0.39 is 0 Å². The van der Waals surface area contributed by atoms with E-state index in [-0.39, 0.29) is 11.3 Å². The van der Waals surface area contributed by atoms with Crippen LogP contribution in [0.25, 0.3) is 11.6 Å². The maximum absolute atomic E-state index is 13.3. The first-order valence-electron chi connectivity index (χ1n) is 9.14. The van der Waals surface area contributed by atoms with Gasteiger partial charge in [-0.15, -0.1) is 0 Å². The molecule has 1 aliphatic carbocycles. The molecule has 1 heterocycles. The minimum atomic E-state index is -0.0131. The summed E-state index contributed by atoms with van der Waals surface area (Å²) in [7, 11) is 1.67. The van der Waals surface area contributed by atoms with Crippen LogP contribution in [-0.4, -0.2) is 7.11 Å². The highest BCUT2D eigenvalue weighted by molar-refractivity contribution is 5.72. The van der Waals surface area contributed by atoms with Crippen molar-refractivity contribution in [1.29, 1.82) is 0 Å². The topological polar surface area (TPSA) is 39.4 Å². The third-order valence-corrected chi connectivity index (χ3v) is 4.59. The van der Waals surface area contributed by atoms with Crippen LogP contribution in [0.2, 0.25) is 0 Å². The standard InChI is InChI=1S/C23H28O3/c1-5-8-9-11-17(6-2)22-21(7-3)26-16-20(23(22)24)18-12-10-13-19(25-4)15-14-18/h6-10,12,15-16,18H,3,5,11,13-14H2,1-2,4H3/b9-8-,17-6+. The normalized spacial score (nSPS) is 17.9. The Morgan fingerprint density at radius 3 is 2.88 bits per heavy atom. The van der Waals surface area contributed by atoms with Gasteiger partial charge in [0.05, 0.1) is 24.7 Å². The maximum Gasteiger partial charge on any atom is 0.196 e. The first-order valence-corrected chi connectivity index (χ1v) is 9.14. The minimum absolute atomic E-state index is 0.0131. The van der Waals surface area contributed by atoms with Gasteiger partial charge in [-0.3, -0.25) is 4.79 Å². The molecule has 2 rings (SSSR count). The highest BCUT2D eigenvalue weighted by Crippen LogP contribution is 2.28.